The monoisotopic (exact) mass is 284 g/mol. The normalized spacial score (nSPS) is 21.3. The van der Waals surface area contributed by atoms with Gasteiger partial charge in [0.25, 0.3) is 0 Å². The molecule has 0 radical (unpaired) electrons. The maximum atomic E-state index is 4.91. The van der Waals surface area contributed by atoms with Gasteiger partial charge in [-0.05, 0) is 36.8 Å². The van der Waals surface area contributed by atoms with Gasteiger partial charge in [0.1, 0.15) is 5.65 Å². The lowest BCUT2D eigenvalue weighted by Crippen LogP contribution is -2.25. The number of anilines is 1. The van der Waals surface area contributed by atoms with Crippen LogP contribution in [0.5, 0.6) is 0 Å². The molecule has 0 bridgehead atoms. The van der Waals surface area contributed by atoms with E-state index in [9.17, 15) is 0 Å². The van der Waals surface area contributed by atoms with Crippen LogP contribution in [0.2, 0.25) is 0 Å². The van der Waals surface area contributed by atoms with Gasteiger partial charge in [0, 0.05) is 31.9 Å². The first-order valence-corrected chi connectivity index (χ1v) is 8.07. The summed E-state index contributed by atoms with van der Waals surface area (Å²) in [4.78, 5) is 7.38. The molecule has 112 valence electrons. The molecule has 1 N–H and O–H groups in total. The van der Waals surface area contributed by atoms with E-state index in [1.165, 1.54) is 30.8 Å². The van der Waals surface area contributed by atoms with Crippen molar-refractivity contribution in [1.29, 1.82) is 0 Å². The van der Waals surface area contributed by atoms with Gasteiger partial charge in [-0.15, -0.1) is 0 Å². The Morgan fingerprint density at radius 2 is 2.19 bits per heavy atom. The second-order valence-electron chi connectivity index (χ2n) is 7.30. The van der Waals surface area contributed by atoms with Crippen LogP contribution in [0.15, 0.2) is 24.4 Å². The number of hydrogen-bond acceptors (Lipinski definition) is 3. The van der Waals surface area contributed by atoms with Crippen molar-refractivity contribution in [3.63, 3.8) is 0 Å². The summed E-state index contributed by atoms with van der Waals surface area (Å²) >= 11 is 0. The molecule has 2 aromatic heterocycles. The van der Waals surface area contributed by atoms with Crippen molar-refractivity contribution in [2.24, 2.45) is 5.41 Å². The van der Waals surface area contributed by atoms with Crippen LogP contribution in [0.25, 0.3) is 5.65 Å². The van der Waals surface area contributed by atoms with E-state index in [1.807, 2.05) is 0 Å². The van der Waals surface area contributed by atoms with Crippen LogP contribution >= 0.6 is 0 Å². The van der Waals surface area contributed by atoms with Crippen molar-refractivity contribution in [3.8, 4) is 0 Å². The highest BCUT2D eigenvalue weighted by Gasteiger charge is 2.32. The summed E-state index contributed by atoms with van der Waals surface area (Å²) in [6.45, 7) is 7.85. The van der Waals surface area contributed by atoms with Crippen LogP contribution in [0.1, 0.15) is 38.8 Å². The summed E-state index contributed by atoms with van der Waals surface area (Å²) < 4.78 is 2.25. The average molecular weight is 284 g/mol. The molecule has 1 saturated heterocycles. The first-order chi connectivity index (χ1) is 10.1. The number of pyridine rings is 1. The Labute approximate surface area is 126 Å². The molecular formula is C17H24N4. The molecule has 0 spiro atoms. The highest BCUT2D eigenvalue weighted by molar-refractivity contribution is 5.56. The van der Waals surface area contributed by atoms with Crippen molar-refractivity contribution < 1.29 is 0 Å². The topological polar surface area (TPSA) is 32.6 Å². The van der Waals surface area contributed by atoms with E-state index in [0.717, 1.165) is 31.3 Å². The van der Waals surface area contributed by atoms with Crippen molar-refractivity contribution in [3.05, 3.63) is 30.1 Å². The van der Waals surface area contributed by atoms with E-state index in [-0.39, 0.29) is 0 Å². The van der Waals surface area contributed by atoms with Gasteiger partial charge in [0.15, 0.2) is 5.82 Å². The molecule has 1 saturated carbocycles. The van der Waals surface area contributed by atoms with Crippen LogP contribution in [0, 0.1) is 5.41 Å². The molecule has 2 aromatic rings. The van der Waals surface area contributed by atoms with Crippen LogP contribution in [-0.4, -0.2) is 28.5 Å². The van der Waals surface area contributed by atoms with Gasteiger partial charge in [-0.1, -0.05) is 19.9 Å². The third-order valence-corrected chi connectivity index (χ3v) is 4.72. The summed E-state index contributed by atoms with van der Waals surface area (Å²) in [6, 6.07) is 6.98. The minimum Gasteiger partial charge on any atom is -0.354 e. The van der Waals surface area contributed by atoms with Gasteiger partial charge < -0.3 is 14.6 Å². The number of rotatable bonds is 4. The molecule has 2 fully saturated rings. The molecule has 21 heavy (non-hydrogen) atoms. The Morgan fingerprint density at radius 3 is 2.90 bits per heavy atom. The molecule has 0 unspecified atom stereocenters. The minimum atomic E-state index is 0.400. The first kappa shape index (κ1) is 13.1. The van der Waals surface area contributed by atoms with E-state index in [4.69, 9.17) is 4.98 Å². The van der Waals surface area contributed by atoms with Crippen molar-refractivity contribution in [2.75, 3.05) is 18.0 Å². The molecule has 3 heterocycles. The molecule has 0 atom stereocenters. The average Bonchev–Trinajstić information content (AvgIpc) is 3.11. The molecule has 0 aromatic carbocycles. The number of fused-ring (bicyclic) bond motifs is 1. The van der Waals surface area contributed by atoms with Crippen LogP contribution in [0.4, 0.5) is 5.82 Å². The summed E-state index contributed by atoms with van der Waals surface area (Å²) in [5, 5.41) is 3.65. The Morgan fingerprint density at radius 1 is 1.33 bits per heavy atom. The molecular weight excluding hydrogens is 260 g/mol. The largest absolute Gasteiger partial charge is 0.354 e. The van der Waals surface area contributed by atoms with Crippen molar-refractivity contribution in [2.45, 2.75) is 45.7 Å². The summed E-state index contributed by atoms with van der Waals surface area (Å²) in [5.41, 5.74) is 2.77. The summed E-state index contributed by atoms with van der Waals surface area (Å²) in [5.74, 6) is 1.18. The van der Waals surface area contributed by atoms with Gasteiger partial charge in [-0.3, -0.25) is 0 Å². The molecule has 4 rings (SSSR count). The van der Waals surface area contributed by atoms with Crippen molar-refractivity contribution >= 4 is 11.5 Å². The fourth-order valence-corrected chi connectivity index (χ4v) is 3.27. The number of imidazole rings is 1. The van der Waals surface area contributed by atoms with E-state index >= 15 is 0 Å². The molecule has 0 amide bonds. The fourth-order valence-electron chi connectivity index (χ4n) is 3.27. The molecule has 4 heteroatoms. The lowest BCUT2D eigenvalue weighted by atomic mass is 9.93. The zero-order valence-corrected chi connectivity index (χ0v) is 13.0. The lowest BCUT2D eigenvalue weighted by Gasteiger charge is -2.21. The summed E-state index contributed by atoms with van der Waals surface area (Å²) in [6.07, 6.45) is 6.03. The maximum Gasteiger partial charge on any atom is 0.152 e. The Bertz CT molecular complexity index is 654. The zero-order chi connectivity index (χ0) is 14.4. The standard InChI is InChI=1S/C17H24N4/c1-17(2)8-10-20(12-17)16-14(11-18-13-6-7-13)21-9-4-3-5-15(21)19-16/h3-5,9,13,18H,6-8,10-12H2,1-2H3. The smallest absolute Gasteiger partial charge is 0.152 e. The van der Waals surface area contributed by atoms with Gasteiger partial charge in [-0.2, -0.15) is 0 Å². The fraction of sp³-hybridized carbons (Fsp3) is 0.588. The molecule has 1 aliphatic carbocycles. The number of aromatic nitrogens is 2. The van der Waals surface area contributed by atoms with Crippen molar-refractivity contribution in [1.82, 2.24) is 14.7 Å². The number of hydrogen-bond donors (Lipinski definition) is 1. The molecule has 1 aliphatic heterocycles. The number of nitrogens with zero attached hydrogens (tertiary/aromatic N) is 3. The predicted octanol–water partition coefficient (Wildman–Crippen LogP) is 2.82. The van der Waals surface area contributed by atoms with Gasteiger partial charge >= 0.3 is 0 Å². The van der Waals surface area contributed by atoms with E-state index in [2.05, 4.69) is 52.9 Å². The highest BCUT2D eigenvalue weighted by atomic mass is 15.3. The van der Waals surface area contributed by atoms with Gasteiger partial charge in [-0.25, -0.2) is 4.98 Å². The highest BCUT2D eigenvalue weighted by Crippen LogP contribution is 2.34. The second kappa shape index (κ2) is 4.73. The van der Waals surface area contributed by atoms with Crippen LogP contribution < -0.4 is 10.2 Å². The lowest BCUT2D eigenvalue weighted by molar-refractivity contribution is 0.418. The van der Waals surface area contributed by atoms with Crippen LogP contribution in [0.3, 0.4) is 0 Å². The zero-order valence-electron chi connectivity index (χ0n) is 13.0. The third-order valence-electron chi connectivity index (χ3n) is 4.72. The Balaban J connectivity index is 1.70. The minimum absolute atomic E-state index is 0.400. The molecule has 2 aliphatic rings. The third kappa shape index (κ3) is 2.53. The van der Waals surface area contributed by atoms with E-state index in [0.29, 0.717) is 5.41 Å². The van der Waals surface area contributed by atoms with E-state index < -0.39 is 0 Å². The quantitative estimate of drug-likeness (QED) is 0.937. The first-order valence-electron chi connectivity index (χ1n) is 8.07. The maximum absolute atomic E-state index is 4.91. The van der Waals surface area contributed by atoms with Gasteiger partial charge in [0.2, 0.25) is 0 Å². The Kier molecular flexibility index (Phi) is 2.96. The summed E-state index contributed by atoms with van der Waals surface area (Å²) in [7, 11) is 0. The van der Waals surface area contributed by atoms with Gasteiger partial charge in [0.05, 0.1) is 5.69 Å². The number of nitrogens with one attached hydrogen (secondary N) is 1. The molecule has 4 nitrogen and oxygen atoms in total. The Hall–Kier alpha value is -1.55. The van der Waals surface area contributed by atoms with E-state index in [1.54, 1.807) is 0 Å². The van der Waals surface area contributed by atoms with Crippen LogP contribution in [-0.2, 0) is 6.54 Å². The SMILES string of the molecule is CC1(C)CCN(c2nc3ccccn3c2CNC2CC2)C1. The second-order valence-corrected chi connectivity index (χ2v) is 7.30. The predicted molar refractivity (Wildman–Crippen MR) is 85.7 cm³/mol.